The van der Waals surface area contributed by atoms with E-state index in [4.69, 9.17) is 9.47 Å². The maximum atomic E-state index is 4.94. The number of rotatable bonds is 0. The Balaban J connectivity index is 0. The van der Waals surface area contributed by atoms with Crippen molar-refractivity contribution in [1.82, 2.24) is 0 Å². The standard InChI is InChI=1S/2C10H15.C8H8.2C4H8O.2Yb/c2*1-6-7(2)9(4)10(5)8(6)3;1-2-4-6-8-7-5-3-1;2*1-2-4-5-3-1;;/h2*1-5H3;1-8H;2*1-4H2;;. The quantitative estimate of drug-likeness (QED) is 0.242. The SMILES string of the molecule is C1CCOC1.C1CCOC1.C[C]1[C](C)[C](C)[C](C)[C]1C.C[C]1[C](C)[C](C)[C](C)[C]1C.[CH]1[CH][CH][CH][CH][CH][CH][CH]1.[Yb].[Yb]. The van der Waals surface area contributed by atoms with E-state index in [1.165, 1.54) is 84.9 Å². The Morgan fingerprint density at radius 2 is 0.425 bits per heavy atom. The molecule has 2 nitrogen and oxygen atoms in total. The summed E-state index contributed by atoms with van der Waals surface area (Å²) in [5.41, 5.74) is 0. The van der Waals surface area contributed by atoms with Crippen LogP contribution >= 0.6 is 0 Å². The summed E-state index contributed by atoms with van der Waals surface area (Å²) < 4.78 is 9.89. The van der Waals surface area contributed by atoms with E-state index in [0.717, 1.165) is 26.4 Å². The molecule has 0 aromatic rings. The number of hydrogen-bond donors (Lipinski definition) is 0. The van der Waals surface area contributed by atoms with Crippen molar-refractivity contribution < 1.29 is 103 Å². The molecule has 0 atom stereocenters. The van der Waals surface area contributed by atoms with Gasteiger partial charge in [-0.3, -0.25) is 0 Å². The van der Waals surface area contributed by atoms with Crippen LogP contribution in [0.1, 0.15) is 94.9 Å². The van der Waals surface area contributed by atoms with Gasteiger partial charge in [-0.15, -0.1) is 0 Å². The van der Waals surface area contributed by atoms with E-state index < -0.39 is 0 Å². The summed E-state index contributed by atoms with van der Waals surface area (Å²) in [5, 5.41) is 0. The Labute approximate surface area is 330 Å². The topological polar surface area (TPSA) is 18.5 Å². The van der Waals surface area contributed by atoms with Crippen LogP contribution in [0, 0.1) is 204 Å². The van der Waals surface area contributed by atoms with Gasteiger partial charge in [-0.1, -0.05) is 69.2 Å². The van der Waals surface area contributed by atoms with Crippen LogP contribution in [-0.4, -0.2) is 26.4 Å². The van der Waals surface area contributed by atoms with Crippen molar-refractivity contribution in [3.63, 3.8) is 0 Å². The van der Waals surface area contributed by atoms with Crippen LogP contribution in [-0.2, 0) is 9.47 Å². The minimum absolute atomic E-state index is 0. The van der Waals surface area contributed by atoms with Gasteiger partial charge in [0.1, 0.15) is 0 Å². The zero-order chi connectivity index (χ0) is 28.5. The average molecular weight is 865 g/mol. The van der Waals surface area contributed by atoms with Crippen LogP contribution in [0.4, 0.5) is 0 Å². The molecule has 0 bridgehead atoms. The summed E-state index contributed by atoms with van der Waals surface area (Å²) in [4.78, 5) is 0. The van der Waals surface area contributed by atoms with E-state index in [-0.39, 0.29) is 93.8 Å². The van der Waals surface area contributed by atoms with Crippen LogP contribution in [0.25, 0.3) is 0 Å². The van der Waals surface area contributed by atoms with Gasteiger partial charge in [0.2, 0.25) is 0 Å². The van der Waals surface area contributed by atoms with Crippen molar-refractivity contribution in [2.75, 3.05) is 26.4 Å². The molecule has 5 rings (SSSR count). The van der Waals surface area contributed by atoms with Crippen molar-refractivity contribution in [3.05, 3.63) is 111 Å². The first kappa shape index (κ1) is 45.1. The molecular weight excluding hydrogens is 810 g/mol. The molecule has 18 radical (unpaired) electrons. The molecule has 3 saturated carbocycles. The molecule has 2 saturated heterocycles. The molecule has 2 aliphatic heterocycles. The Kier molecular flexibility index (Phi) is 30.6. The largest absolute Gasteiger partial charge is 0.381 e. The van der Waals surface area contributed by atoms with Crippen molar-refractivity contribution in [3.8, 4) is 0 Å². The zero-order valence-electron chi connectivity index (χ0n) is 26.6. The van der Waals surface area contributed by atoms with Gasteiger partial charge in [0.25, 0.3) is 0 Å². The minimum Gasteiger partial charge on any atom is -0.381 e. The smallest absolute Gasteiger partial charge is 0.0466 e. The third-order valence-corrected chi connectivity index (χ3v) is 8.17. The Bertz CT molecular complexity index is 382. The van der Waals surface area contributed by atoms with Gasteiger partial charge >= 0.3 is 0 Å². The Hall–Kier alpha value is 2.96. The fourth-order valence-electron chi connectivity index (χ4n) is 4.35. The molecule has 0 spiro atoms. The van der Waals surface area contributed by atoms with Gasteiger partial charge in [-0.2, -0.15) is 0 Å². The van der Waals surface area contributed by atoms with Gasteiger partial charge in [0, 0.05) is 120 Å². The first-order valence-corrected chi connectivity index (χ1v) is 14.3. The molecule has 4 heteroatoms. The minimum atomic E-state index is 0. The number of ether oxygens (including phenoxy) is 2. The molecule has 40 heavy (non-hydrogen) atoms. The van der Waals surface area contributed by atoms with Crippen molar-refractivity contribution in [2.45, 2.75) is 94.9 Å². The zero-order valence-corrected chi connectivity index (χ0v) is 30.1. The summed E-state index contributed by atoms with van der Waals surface area (Å²) in [5.74, 6) is 14.7. The molecule has 0 unspecified atom stereocenters. The predicted molar refractivity (Wildman–Crippen MR) is 164 cm³/mol. The second-order valence-corrected chi connectivity index (χ2v) is 10.4. The molecule has 2 heterocycles. The predicted octanol–water partition coefficient (Wildman–Crippen LogP) is 9.17. The molecule has 238 valence electrons. The van der Waals surface area contributed by atoms with Crippen LogP contribution in [0.5, 0.6) is 0 Å². The molecular formula is C36H54O2Yb2. The molecule has 0 aromatic heterocycles. The van der Waals surface area contributed by atoms with Gasteiger partial charge in [-0.25, -0.2) is 0 Å². The van der Waals surface area contributed by atoms with Crippen molar-refractivity contribution in [1.29, 1.82) is 0 Å². The van der Waals surface area contributed by atoms with E-state index in [0.29, 0.717) is 0 Å². The maximum absolute atomic E-state index is 4.94. The molecule has 5 aliphatic rings. The van der Waals surface area contributed by atoms with E-state index in [1.807, 2.05) is 51.4 Å². The van der Waals surface area contributed by atoms with Gasteiger partial charge in [0.15, 0.2) is 0 Å². The normalized spacial score (nSPS) is 25.1. The van der Waals surface area contributed by atoms with Crippen LogP contribution in [0.2, 0.25) is 0 Å². The first-order valence-electron chi connectivity index (χ1n) is 14.3. The third-order valence-electron chi connectivity index (χ3n) is 8.17. The summed E-state index contributed by atoms with van der Waals surface area (Å²) in [7, 11) is 0. The van der Waals surface area contributed by atoms with Gasteiger partial charge in [-0.05, 0) is 136 Å². The van der Waals surface area contributed by atoms with Gasteiger partial charge in [0.05, 0.1) is 0 Å². The van der Waals surface area contributed by atoms with Crippen molar-refractivity contribution in [2.24, 2.45) is 0 Å². The maximum Gasteiger partial charge on any atom is 0.0466 e. The van der Waals surface area contributed by atoms with Gasteiger partial charge < -0.3 is 9.47 Å². The van der Waals surface area contributed by atoms with E-state index in [2.05, 4.69) is 69.2 Å². The first-order chi connectivity index (χ1) is 18.1. The second-order valence-electron chi connectivity index (χ2n) is 10.4. The second kappa shape index (κ2) is 27.1. The summed E-state index contributed by atoms with van der Waals surface area (Å²) in [6, 6.07) is 0. The van der Waals surface area contributed by atoms with Crippen LogP contribution < -0.4 is 0 Å². The average Bonchev–Trinajstić information content (AvgIpc) is 3.72. The Morgan fingerprint density at radius 1 is 0.300 bits per heavy atom. The molecule has 3 aliphatic carbocycles. The Morgan fingerprint density at radius 3 is 0.500 bits per heavy atom. The van der Waals surface area contributed by atoms with Crippen molar-refractivity contribution >= 4 is 0 Å². The fourth-order valence-corrected chi connectivity index (χ4v) is 4.35. The summed E-state index contributed by atoms with van der Waals surface area (Å²) >= 11 is 0. The van der Waals surface area contributed by atoms with Crippen LogP contribution in [0.15, 0.2) is 0 Å². The molecule has 0 aromatic carbocycles. The summed E-state index contributed by atoms with van der Waals surface area (Å²) in [6.07, 6.45) is 21.1. The van der Waals surface area contributed by atoms with E-state index in [1.54, 1.807) is 0 Å². The molecule has 5 fully saturated rings. The van der Waals surface area contributed by atoms with E-state index >= 15 is 0 Å². The monoisotopic (exact) mass is 866 g/mol. The van der Waals surface area contributed by atoms with E-state index in [9.17, 15) is 0 Å². The molecule has 0 N–H and O–H groups in total. The number of hydrogen-bond acceptors (Lipinski definition) is 2. The summed E-state index contributed by atoms with van der Waals surface area (Å²) in [6.45, 7) is 26.0. The van der Waals surface area contributed by atoms with Crippen LogP contribution in [0.3, 0.4) is 0 Å². The fraction of sp³-hybridized carbons (Fsp3) is 0.500. The molecule has 0 amide bonds. The third kappa shape index (κ3) is 17.6.